The third-order valence-corrected chi connectivity index (χ3v) is 4.96. The molecule has 2 aliphatic heterocycles. The molecule has 22 heavy (non-hydrogen) atoms. The van der Waals surface area contributed by atoms with Gasteiger partial charge in [0.1, 0.15) is 11.5 Å². The molecule has 0 aromatic carbocycles. The van der Waals surface area contributed by atoms with Crippen LogP contribution in [0.1, 0.15) is 48.4 Å². The molecule has 1 aromatic heterocycles. The molecular formula is C15H22ClN5O. The number of carbonyl (C=O) groups is 1. The number of hydrogen-bond donors (Lipinski definition) is 1. The first-order chi connectivity index (χ1) is 10.1. The van der Waals surface area contributed by atoms with Crippen LogP contribution in [0.4, 0.5) is 5.82 Å². The molecule has 1 fully saturated rings. The fourth-order valence-corrected chi connectivity index (χ4v) is 3.83. The summed E-state index contributed by atoms with van der Waals surface area (Å²) in [7, 11) is 1.80. The Balaban J connectivity index is 0.00000144. The summed E-state index contributed by atoms with van der Waals surface area (Å²) in [6.45, 7) is 2.74. The van der Waals surface area contributed by atoms with Crippen molar-refractivity contribution in [3.8, 4) is 0 Å². The summed E-state index contributed by atoms with van der Waals surface area (Å²) >= 11 is 0. The molecule has 1 aromatic rings. The Hall–Kier alpha value is -1.56. The summed E-state index contributed by atoms with van der Waals surface area (Å²) in [5, 5.41) is 0. The van der Waals surface area contributed by atoms with Gasteiger partial charge in [0, 0.05) is 7.05 Å². The van der Waals surface area contributed by atoms with Gasteiger partial charge in [0.2, 0.25) is 5.96 Å². The second kappa shape index (κ2) is 5.57. The molecule has 0 bridgehead atoms. The number of H-pyrrole nitrogens is 1. The summed E-state index contributed by atoms with van der Waals surface area (Å²) in [5.74, 6) is 2.93. The van der Waals surface area contributed by atoms with Gasteiger partial charge in [-0.3, -0.25) is 14.6 Å². The number of halogens is 1. The zero-order valence-electron chi connectivity index (χ0n) is 13.0. The number of aryl methyl sites for hydroxylation is 1. The quantitative estimate of drug-likeness (QED) is 0.862. The van der Waals surface area contributed by atoms with Crippen LogP contribution >= 0.6 is 12.4 Å². The van der Waals surface area contributed by atoms with E-state index in [0.29, 0.717) is 17.7 Å². The van der Waals surface area contributed by atoms with Crippen molar-refractivity contribution in [3.63, 3.8) is 0 Å². The van der Waals surface area contributed by atoms with E-state index in [0.717, 1.165) is 24.1 Å². The molecule has 0 radical (unpaired) electrons. The maximum atomic E-state index is 12.4. The first kappa shape index (κ1) is 15.3. The van der Waals surface area contributed by atoms with Crippen molar-refractivity contribution < 1.29 is 4.79 Å². The molecule has 1 aliphatic carbocycles. The molecule has 1 amide bonds. The largest absolute Gasteiger partial charge is 0.336 e. The van der Waals surface area contributed by atoms with Gasteiger partial charge in [0.05, 0.1) is 12.6 Å². The van der Waals surface area contributed by atoms with E-state index in [-0.39, 0.29) is 18.3 Å². The van der Waals surface area contributed by atoms with E-state index in [9.17, 15) is 4.79 Å². The van der Waals surface area contributed by atoms with Crippen molar-refractivity contribution in [1.29, 1.82) is 0 Å². The highest BCUT2D eigenvalue weighted by molar-refractivity contribution is 6.17. The third kappa shape index (κ3) is 2.20. The second-order valence-corrected chi connectivity index (χ2v) is 6.39. The maximum Gasteiger partial charge on any atom is 0.280 e. The van der Waals surface area contributed by atoms with Crippen molar-refractivity contribution in [1.82, 2.24) is 14.9 Å². The second-order valence-electron chi connectivity index (χ2n) is 6.39. The van der Waals surface area contributed by atoms with E-state index in [2.05, 4.69) is 14.9 Å². The molecule has 0 saturated heterocycles. The van der Waals surface area contributed by atoms with Gasteiger partial charge >= 0.3 is 0 Å². The standard InChI is InChI=1S/C15H21N5O.ClH/c1-9-16-12-13(17-9)20-8-11(10-6-4-3-5-7-10)18-15(20)19(2)14(12)21;/h10-11H,3-8H2,1-2H3,(H,16,17);1H/t11-;/m0./s1. The summed E-state index contributed by atoms with van der Waals surface area (Å²) in [6.07, 6.45) is 6.50. The minimum atomic E-state index is -0.0371. The Morgan fingerprint density at radius 3 is 2.68 bits per heavy atom. The zero-order chi connectivity index (χ0) is 14.6. The molecule has 6 nitrogen and oxygen atoms in total. The first-order valence-electron chi connectivity index (χ1n) is 7.85. The van der Waals surface area contributed by atoms with Crippen LogP contribution in [0, 0.1) is 12.8 Å². The SMILES string of the molecule is Cc1nc2c([nH]1)C(=O)N(C)C1=N[C@H](C3CCCCC3)CN12.Cl. The Bertz CT molecular complexity index is 619. The van der Waals surface area contributed by atoms with Crippen LogP contribution in [0.25, 0.3) is 0 Å². The number of aromatic amines is 1. The van der Waals surface area contributed by atoms with Crippen LogP contribution in [0.2, 0.25) is 0 Å². The minimum absolute atomic E-state index is 0. The Morgan fingerprint density at radius 2 is 1.95 bits per heavy atom. The number of nitrogens with one attached hydrogen (secondary N) is 1. The van der Waals surface area contributed by atoms with E-state index >= 15 is 0 Å². The highest BCUT2D eigenvalue weighted by Crippen LogP contribution is 2.35. The molecule has 4 rings (SSSR count). The van der Waals surface area contributed by atoms with Gasteiger partial charge in [0.15, 0.2) is 5.82 Å². The van der Waals surface area contributed by atoms with E-state index in [1.807, 2.05) is 6.92 Å². The topological polar surface area (TPSA) is 64.6 Å². The average Bonchev–Trinajstić information content (AvgIpc) is 3.09. The monoisotopic (exact) mass is 323 g/mol. The zero-order valence-corrected chi connectivity index (χ0v) is 13.8. The Labute approximate surface area is 136 Å². The van der Waals surface area contributed by atoms with Crippen LogP contribution < -0.4 is 4.90 Å². The molecule has 3 heterocycles. The lowest BCUT2D eigenvalue weighted by molar-refractivity contribution is 0.0860. The lowest BCUT2D eigenvalue weighted by Crippen LogP contribution is -2.48. The van der Waals surface area contributed by atoms with E-state index in [4.69, 9.17) is 4.99 Å². The Kier molecular flexibility index (Phi) is 3.89. The highest BCUT2D eigenvalue weighted by Gasteiger charge is 2.42. The number of anilines is 1. The number of imidazole rings is 1. The van der Waals surface area contributed by atoms with E-state index in [1.54, 1.807) is 11.9 Å². The molecule has 1 N–H and O–H groups in total. The number of fused-ring (bicyclic) bond motifs is 3. The number of aromatic nitrogens is 2. The number of guanidine groups is 1. The number of carbonyl (C=O) groups excluding carboxylic acids is 1. The van der Waals surface area contributed by atoms with E-state index in [1.165, 1.54) is 32.1 Å². The fraction of sp³-hybridized carbons (Fsp3) is 0.667. The molecule has 0 unspecified atom stereocenters. The number of rotatable bonds is 1. The van der Waals surface area contributed by atoms with Crippen LogP contribution in [-0.2, 0) is 0 Å². The fourth-order valence-electron chi connectivity index (χ4n) is 3.83. The van der Waals surface area contributed by atoms with Crippen LogP contribution in [-0.4, -0.2) is 46.4 Å². The molecule has 1 saturated carbocycles. The summed E-state index contributed by atoms with van der Waals surface area (Å²) in [5.41, 5.74) is 0.596. The van der Waals surface area contributed by atoms with Crippen molar-refractivity contribution >= 4 is 30.1 Å². The van der Waals surface area contributed by atoms with Crippen LogP contribution in [0.3, 0.4) is 0 Å². The van der Waals surface area contributed by atoms with Crippen molar-refractivity contribution in [3.05, 3.63) is 11.5 Å². The van der Waals surface area contributed by atoms with Gasteiger partial charge in [-0.05, 0) is 25.7 Å². The van der Waals surface area contributed by atoms with Crippen molar-refractivity contribution in [2.45, 2.75) is 45.1 Å². The molecule has 7 heteroatoms. The van der Waals surface area contributed by atoms with Gasteiger partial charge in [-0.1, -0.05) is 19.3 Å². The van der Waals surface area contributed by atoms with Crippen molar-refractivity contribution in [2.75, 3.05) is 18.5 Å². The first-order valence-corrected chi connectivity index (χ1v) is 7.85. The van der Waals surface area contributed by atoms with E-state index < -0.39 is 0 Å². The summed E-state index contributed by atoms with van der Waals surface area (Å²) < 4.78 is 0. The number of amides is 1. The third-order valence-electron chi connectivity index (χ3n) is 4.96. The van der Waals surface area contributed by atoms with Gasteiger partial charge in [-0.25, -0.2) is 9.98 Å². The minimum Gasteiger partial charge on any atom is -0.336 e. The smallest absolute Gasteiger partial charge is 0.280 e. The highest BCUT2D eigenvalue weighted by atomic mass is 35.5. The molecule has 1 atom stereocenters. The van der Waals surface area contributed by atoms with Crippen molar-refractivity contribution in [2.24, 2.45) is 10.9 Å². The normalized spacial score (nSPS) is 24.7. The summed E-state index contributed by atoms with van der Waals surface area (Å²) in [6, 6.07) is 0.304. The molecule has 3 aliphatic rings. The summed E-state index contributed by atoms with van der Waals surface area (Å²) in [4.78, 5) is 28.6. The number of hydrogen-bond acceptors (Lipinski definition) is 4. The van der Waals surface area contributed by atoms with Gasteiger partial charge in [-0.2, -0.15) is 0 Å². The maximum absolute atomic E-state index is 12.4. The molecular weight excluding hydrogens is 302 g/mol. The van der Waals surface area contributed by atoms with Gasteiger partial charge in [-0.15, -0.1) is 12.4 Å². The molecule has 120 valence electrons. The number of aliphatic imine (C=N–C) groups is 1. The predicted octanol–water partition coefficient (Wildman–Crippen LogP) is 2.35. The lowest BCUT2D eigenvalue weighted by atomic mass is 9.84. The lowest BCUT2D eigenvalue weighted by Gasteiger charge is -2.30. The van der Waals surface area contributed by atoms with Gasteiger partial charge < -0.3 is 4.98 Å². The average molecular weight is 324 g/mol. The Morgan fingerprint density at radius 1 is 1.23 bits per heavy atom. The number of nitrogens with zero attached hydrogens (tertiary/aromatic N) is 4. The predicted molar refractivity (Wildman–Crippen MR) is 87.8 cm³/mol. The van der Waals surface area contributed by atoms with Gasteiger partial charge in [0.25, 0.3) is 5.91 Å². The van der Waals surface area contributed by atoms with Crippen LogP contribution in [0.5, 0.6) is 0 Å². The van der Waals surface area contributed by atoms with Crippen LogP contribution in [0.15, 0.2) is 4.99 Å². The molecule has 0 spiro atoms.